The van der Waals surface area contributed by atoms with Gasteiger partial charge in [-0.2, -0.15) is 0 Å². The van der Waals surface area contributed by atoms with Crippen molar-refractivity contribution in [3.8, 4) is 5.75 Å². The van der Waals surface area contributed by atoms with Gasteiger partial charge in [-0.05, 0) is 18.6 Å². The van der Waals surface area contributed by atoms with Gasteiger partial charge in [-0.3, -0.25) is 0 Å². The Morgan fingerprint density at radius 1 is 1.62 bits per heavy atom. The zero-order valence-electron chi connectivity index (χ0n) is 7.42. The summed E-state index contributed by atoms with van der Waals surface area (Å²) in [5.41, 5.74) is 6.57. The van der Waals surface area contributed by atoms with Gasteiger partial charge in [-0.15, -0.1) is 6.58 Å². The molecule has 0 heterocycles. The summed E-state index contributed by atoms with van der Waals surface area (Å²) in [6.45, 7) is 5.12. The highest BCUT2D eigenvalue weighted by molar-refractivity contribution is 5.40. The molecule has 0 radical (unpaired) electrons. The topological polar surface area (TPSA) is 46.2 Å². The van der Waals surface area contributed by atoms with Crippen molar-refractivity contribution < 1.29 is 9.50 Å². The first kappa shape index (κ1) is 9.74. The van der Waals surface area contributed by atoms with Crippen LogP contribution in [0.1, 0.15) is 17.2 Å². The third-order valence-corrected chi connectivity index (χ3v) is 1.92. The molecule has 0 fully saturated rings. The van der Waals surface area contributed by atoms with Crippen LogP contribution in [0.4, 0.5) is 4.39 Å². The molecule has 1 rings (SSSR count). The van der Waals surface area contributed by atoms with E-state index in [0.717, 1.165) is 6.07 Å². The maximum absolute atomic E-state index is 12.9. The van der Waals surface area contributed by atoms with Gasteiger partial charge in [0, 0.05) is 11.6 Å². The summed E-state index contributed by atoms with van der Waals surface area (Å²) >= 11 is 0. The molecule has 0 saturated carbocycles. The normalized spacial score (nSPS) is 12.5. The lowest BCUT2D eigenvalue weighted by atomic mass is 10.0. The zero-order chi connectivity index (χ0) is 10.0. The van der Waals surface area contributed by atoms with Crippen molar-refractivity contribution in [1.82, 2.24) is 0 Å². The minimum absolute atomic E-state index is 0.129. The van der Waals surface area contributed by atoms with Crippen LogP contribution in [0.5, 0.6) is 5.75 Å². The van der Waals surface area contributed by atoms with Gasteiger partial charge in [0.25, 0.3) is 0 Å². The van der Waals surface area contributed by atoms with E-state index in [-0.39, 0.29) is 5.75 Å². The van der Waals surface area contributed by atoms with Gasteiger partial charge >= 0.3 is 0 Å². The van der Waals surface area contributed by atoms with Crippen LogP contribution in [-0.4, -0.2) is 5.11 Å². The number of rotatable bonds is 2. The number of nitrogens with two attached hydrogens (primary N) is 1. The molecule has 1 aromatic rings. The van der Waals surface area contributed by atoms with Crippen molar-refractivity contribution in [2.45, 2.75) is 13.0 Å². The largest absolute Gasteiger partial charge is 0.507 e. The van der Waals surface area contributed by atoms with Crippen molar-refractivity contribution in [3.05, 3.63) is 41.7 Å². The fourth-order valence-corrected chi connectivity index (χ4v) is 1.09. The number of benzene rings is 1. The SMILES string of the molecule is C=C[C@@H](N)c1cc(C)c(F)cc1O. The number of hydrogen-bond acceptors (Lipinski definition) is 2. The van der Waals surface area contributed by atoms with Gasteiger partial charge in [0.2, 0.25) is 0 Å². The second-order valence-corrected chi connectivity index (χ2v) is 2.92. The highest BCUT2D eigenvalue weighted by Gasteiger charge is 2.10. The van der Waals surface area contributed by atoms with Crippen LogP contribution in [-0.2, 0) is 0 Å². The Bertz CT molecular complexity index is 336. The number of halogens is 1. The second-order valence-electron chi connectivity index (χ2n) is 2.92. The van der Waals surface area contributed by atoms with Gasteiger partial charge in [0.1, 0.15) is 11.6 Å². The lowest BCUT2D eigenvalue weighted by Crippen LogP contribution is -2.07. The fourth-order valence-electron chi connectivity index (χ4n) is 1.09. The Kier molecular flexibility index (Phi) is 2.68. The molecule has 0 bridgehead atoms. The molecule has 70 valence electrons. The summed E-state index contributed by atoms with van der Waals surface area (Å²) < 4.78 is 12.9. The van der Waals surface area contributed by atoms with Gasteiger partial charge in [-0.25, -0.2) is 4.39 Å². The average Bonchev–Trinajstić information content (AvgIpc) is 2.10. The summed E-state index contributed by atoms with van der Waals surface area (Å²) in [7, 11) is 0. The maximum atomic E-state index is 12.9. The molecule has 0 aliphatic rings. The van der Waals surface area contributed by atoms with E-state index in [1.54, 1.807) is 6.92 Å². The third-order valence-electron chi connectivity index (χ3n) is 1.92. The van der Waals surface area contributed by atoms with Crippen LogP contribution < -0.4 is 5.73 Å². The molecule has 0 saturated heterocycles. The Morgan fingerprint density at radius 2 is 2.23 bits per heavy atom. The Hall–Kier alpha value is -1.35. The van der Waals surface area contributed by atoms with Crippen molar-refractivity contribution in [1.29, 1.82) is 0 Å². The number of phenols is 1. The van der Waals surface area contributed by atoms with Crippen LogP contribution in [0.3, 0.4) is 0 Å². The van der Waals surface area contributed by atoms with Crippen LogP contribution in [0, 0.1) is 12.7 Å². The molecule has 13 heavy (non-hydrogen) atoms. The van der Waals surface area contributed by atoms with E-state index >= 15 is 0 Å². The molecule has 0 aromatic heterocycles. The first-order chi connectivity index (χ1) is 6.06. The quantitative estimate of drug-likeness (QED) is 0.686. The lowest BCUT2D eigenvalue weighted by molar-refractivity contribution is 0.459. The number of aryl methyl sites for hydroxylation is 1. The van der Waals surface area contributed by atoms with Crippen LogP contribution >= 0.6 is 0 Å². The Labute approximate surface area is 76.5 Å². The maximum Gasteiger partial charge on any atom is 0.129 e. The van der Waals surface area contributed by atoms with E-state index in [1.165, 1.54) is 12.1 Å². The molecule has 1 aromatic carbocycles. The van der Waals surface area contributed by atoms with Crippen LogP contribution in [0.25, 0.3) is 0 Å². The highest BCUT2D eigenvalue weighted by atomic mass is 19.1. The van der Waals surface area contributed by atoms with Crippen molar-refractivity contribution in [2.75, 3.05) is 0 Å². The van der Waals surface area contributed by atoms with Crippen LogP contribution in [0.15, 0.2) is 24.8 Å². The minimum Gasteiger partial charge on any atom is -0.507 e. The van der Waals surface area contributed by atoms with Crippen molar-refractivity contribution in [2.24, 2.45) is 5.73 Å². The van der Waals surface area contributed by atoms with E-state index < -0.39 is 11.9 Å². The van der Waals surface area contributed by atoms with Crippen molar-refractivity contribution in [3.63, 3.8) is 0 Å². The van der Waals surface area contributed by atoms with Gasteiger partial charge in [-0.1, -0.05) is 6.08 Å². The second kappa shape index (κ2) is 3.58. The summed E-state index contributed by atoms with van der Waals surface area (Å²) in [6.07, 6.45) is 1.49. The summed E-state index contributed by atoms with van der Waals surface area (Å²) in [5, 5.41) is 9.35. The Balaban J connectivity index is 3.22. The molecule has 0 amide bonds. The first-order valence-corrected chi connectivity index (χ1v) is 3.93. The molecule has 0 unspecified atom stereocenters. The molecule has 2 nitrogen and oxygen atoms in total. The van der Waals surface area contributed by atoms with Crippen molar-refractivity contribution >= 4 is 0 Å². The molecule has 3 heteroatoms. The van der Waals surface area contributed by atoms with Gasteiger partial charge < -0.3 is 10.8 Å². The first-order valence-electron chi connectivity index (χ1n) is 3.93. The number of hydrogen-bond donors (Lipinski definition) is 2. The molecule has 3 N–H and O–H groups in total. The standard InChI is InChI=1S/C10H12FNO/c1-3-9(12)7-4-6(2)8(11)5-10(7)13/h3-5,9,13H,1,12H2,2H3/t9-/m1/s1. The number of aromatic hydroxyl groups is 1. The molecular weight excluding hydrogens is 169 g/mol. The van der Waals surface area contributed by atoms with E-state index in [9.17, 15) is 9.50 Å². The predicted molar refractivity (Wildman–Crippen MR) is 49.9 cm³/mol. The number of phenolic OH excluding ortho intramolecular Hbond substituents is 1. The molecule has 1 atom stereocenters. The molecular formula is C10H12FNO. The lowest BCUT2D eigenvalue weighted by Gasteiger charge is -2.10. The van der Waals surface area contributed by atoms with Gasteiger partial charge in [0.15, 0.2) is 0 Å². The third kappa shape index (κ3) is 1.87. The van der Waals surface area contributed by atoms with E-state index in [0.29, 0.717) is 11.1 Å². The molecule has 0 spiro atoms. The summed E-state index contributed by atoms with van der Waals surface area (Å²) in [4.78, 5) is 0. The predicted octanol–water partition coefficient (Wildman–Crippen LogP) is 2.03. The molecule has 0 aliphatic carbocycles. The van der Waals surface area contributed by atoms with E-state index in [2.05, 4.69) is 6.58 Å². The zero-order valence-corrected chi connectivity index (χ0v) is 7.42. The smallest absolute Gasteiger partial charge is 0.129 e. The monoisotopic (exact) mass is 181 g/mol. The minimum atomic E-state index is -0.459. The average molecular weight is 181 g/mol. The van der Waals surface area contributed by atoms with Crippen LogP contribution in [0.2, 0.25) is 0 Å². The summed E-state index contributed by atoms with van der Waals surface area (Å²) in [6, 6.07) is 2.13. The van der Waals surface area contributed by atoms with E-state index in [1.807, 2.05) is 0 Å². The molecule has 0 aliphatic heterocycles. The fraction of sp³-hybridized carbons (Fsp3) is 0.200. The Morgan fingerprint density at radius 3 is 2.77 bits per heavy atom. The van der Waals surface area contributed by atoms with E-state index in [4.69, 9.17) is 5.73 Å². The summed E-state index contributed by atoms with van der Waals surface area (Å²) in [5.74, 6) is -0.562. The highest BCUT2D eigenvalue weighted by Crippen LogP contribution is 2.26. The van der Waals surface area contributed by atoms with Gasteiger partial charge in [0.05, 0.1) is 6.04 Å².